The van der Waals surface area contributed by atoms with Crippen molar-refractivity contribution >= 4 is 69.2 Å². The van der Waals surface area contributed by atoms with Gasteiger partial charge in [-0.05, 0) is 71.1 Å². The van der Waals surface area contributed by atoms with E-state index in [-0.39, 0.29) is 0 Å². The van der Waals surface area contributed by atoms with Gasteiger partial charge in [-0.25, -0.2) is 9.29 Å². The Kier molecular flexibility index (Phi) is 7.93. The second kappa shape index (κ2) is 11.0. The molecule has 3 aromatic rings. The lowest BCUT2D eigenvalue weighted by atomic mass is 9.74. The van der Waals surface area contributed by atoms with Crippen LogP contribution in [0.4, 0.5) is 11.5 Å². The van der Waals surface area contributed by atoms with Crippen LogP contribution in [0.25, 0.3) is 0 Å². The van der Waals surface area contributed by atoms with Crippen LogP contribution in [0.1, 0.15) is 22.3 Å². The molecule has 0 aliphatic carbocycles. The first-order valence-electron chi connectivity index (χ1n) is 11.5. The summed E-state index contributed by atoms with van der Waals surface area (Å²) >= 11 is 10.4. The number of halogens is 2. The minimum atomic E-state index is 0.336. The third kappa shape index (κ3) is 5.31. The molecule has 188 valence electrons. The van der Waals surface area contributed by atoms with E-state index in [9.17, 15) is 0 Å². The molecule has 2 aliphatic heterocycles. The first kappa shape index (κ1) is 26.0. The van der Waals surface area contributed by atoms with Gasteiger partial charge in [0, 0.05) is 78.9 Å². The standard InChI is InChI=1S/C25H27ClIN6OPS/c1-16-8-29-10-21(26)20(16)11-34-18-4-5-22(31-35-27)19(7-18)24(28)17-3-6-23(30-9-17)32-12-25(13-32)14-33(15-25)36-2/h3-10,28,31,35H,11-15H2,1-2H3. The molecule has 11 heteroatoms. The van der Waals surface area contributed by atoms with Gasteiger partial charge in [0.15, 0.2) is 0 Å². The highest BCUT2D eigenvalue weighted by atomic mass is 127. The van der Waals surface area contributed by atoms with E-state index in [1.807, 2.05) is 49.2 Å². The van der Waals surface area contributed by atoms with Crippen molar-refractivity contribution < 1.29 is 4.74 Å². The fourth-order valence-electron chi connectivity index (χ4n) is 4.71. The zero-order chi connectivity index (χ0) is 25.3. The highest BCUT2D eigenvalue weighted by Crippen LogP contribution is 2.43. The van der Waals surface area contributed by atoms with Crippen molar-refractivity contribution in [3.05, 3.63) is 76.2 Å². The van der Waals surface area contributed by atoms with Gasteiger partial charge in [0.1, 0.15) is 18.2 Å². The number of aryl methyl sites for hydroxylation is 1. The SMILES string of the molecule is CSN1CC2(C1)CN(c1ccc(C(=N)c3cc(OCc4c(C)cncc4Cl)ccc3NPI)cn1)C2. The number of benzene rings is 1. The summed E-state index contributed by atoms with van der Waals surface area (Å²) in [7, 11) is 0. The Morgan fingerprint density at radius 3 is 2.69 bits per heavy atom. The Bertz CT molecular complexity index is 1250. The van der Waals surface area contributed by atoms with Gasteiger partial charge in [-0.1, -0.05) is 23.5 Å². The topological polar surface area (TPSA) is 77.4 Å². The smallest absolute Gasteiger partial charge is 0.128 e. The molecule has 0 saturated carbocycles. The van der Waals surface area contributed by atoms with Crippen molar-refractivity contribution in [1.29, 1.82) is 5.41 Å². The molecule has 36 heavy (non-hydrogen) atoms. The lowest BCUT2D eigenvalue weighted by Gasteiger charge is -2.60. The predicted octanol–water partition coefficient (Wildman–Crippen LogP) is 6.19. The summed E-state index contributed by atoms with van der Waals surface area (Å²) in [5.41, 5.74) is 5.19. The number of ether oxygens (including phenoxy) is 1. The molecule has 1 atom stereocenters. The summed E-state index contributed by atoms with van der Waals surface area (Å²) in [5, 5.41) is 12.9. The molecule has 1 unspecified atom stereocenters. The average molecular weight is 653 g/mol. The van der Waals surface area contributed by atoms with Crippen molar-refractivity contribution in [3.8, 4) is 5.75 Å². The van der Waals surface area contributed by atoms with Crippen molar-refractivity contribution in [2.24, 2.45) is 5.41 Å². The fourth-order valence-corrected chi connectivity index (χ4v) is 6.97. The summed E-state index contributed by atoms with van der Waals surface area (Å²) in [6.45, 7) is 6.73. The van der Waals surface area contributed by atoms with Crippen LogP contribution in [-0.2, 0) is 6.61 Å². The molecule has 2 aromatic heterocycles. The van der Waals surface area contributed by atoms with Gasteiger partial charge in [0.05, 0.1) is 10.7 Å². The zero-order valence-electron chi connectivity index (χ0n) is 20.0. The van der Waals surface area contributed by atoms with Gasteiger partial charge in [-0.3, -0.25) is 10.4 Å². The van der Waals surface area contributed by atoms with Crippen molar-refractivity contribution in [3.63, 3.8) is 0 Å². The normalized spacial score (nSPS) is 16.7. The maximum atomic E-state index is 8.95. The van der Waals surface area contributed by atoms with E-state index in [0.717, 1.165) is 59.9 Å². The highest BCUT2D eigenvalue weighted by molar-refractivity contribution is 14.2. The van der Waals surface area contributed by atoms with Gasteiger partial charge in [-0.2, -0.15) is 0 Å². The molecule has 1 aromatic carbocycles. The van der Waals surface area contributed by atoms with Gasteiger partial charge in [-0.15, -0.1) is 0 Å². The molecule has 7 nitrogen and oxygen atoms in total. The molecule has 0 bridgehead atoms. The Labute approximate surface area is 235 Å². The lowest BCUT2D eigenvalue weighted by Crippen LogP contribution is -2.70. The number of pyridine rings is 2. The zero-order valence-corrected chi connectivity index (χ0v) is 24.7. The van der Waals surface area contributed by atoms with Crippen molar-refractivity contribution in [2.45, 2.75) is 13.5 Å². The van der Waals surface area contributed by atoms with Crippen LogP contribution in [0.5, 0.6) is 5.75 Å². The molecule has 2 saturated heterocycles. The van der Waals surface area contributed by atoms with Crippen molar-refractivity contribution in [2.75, 3.05) is 42.4 Å². The number of nitrogens with zero attached hydrogens (tertiary/aromatic N) is 4. The maximum absolute atomic E-state index is 8.95. The van der Waals surface area contributed by atoms with Crippen LogP contribution in [0.15, 0.2) is 48.9 Å². The molecule has 2 N–H and O–H groups in total. The molecule has 4 heterocycles. The molecular formula is C25H27ClIN6OPS. The Balaban J connectivity index is 1.29. The molecule has 0 amide bonds. The molecule has 2 fully saturated rings. The van der Waals surface area contributed by atoms with Gasteiger partial charge in [0.2, 0.25) is 0 Å². The second-order valence-electron chi connectivity index (χ2n) is 9.25. The van der Waals surface area contributed by atoms with E-state index in [1.165, 1.54) is 0 Å². The number of anilines is 2. The molecule has 0 radical (unpaired) electrons. The van der Waals surface area contributed by atoms with E-state index < -0.39 is 0 Å². The molecule has 1 spiro atoms. The fraction of sp³-hybridized carbons (Fsp3) is 0.320. The summed E-state index contributed by atoms with van der Waals surface area (Å²) < 4.78 is 8.48. The van der Waals surface area contributed by atoms with Crippen LogP contribution >= 0.6 is 52.0 Å². The number of hydrogen-bond acceptors (Lipinski definition) is 8. The largest absolute Gasteiger partial charge is 0.489 e. The Morgan fingerprint density at radius 2 is 2.03 bits per heavy atom. The minimum absolute atomic E-state index is 0.336. The number of rotatable bonds is 9. The van der Waals surface area contributed by atoms with E-state index in [4.69, 9.17) is 26.7 Å². The van der Waals surface area contributed by atoms with Crippen LogP contribution in [0.2, 0.25) is 5.02 Å². The van der Waals surface area contributed by atoms with Crippen LogP contribution < -0.4 is 14.7 Å². The van der Waals surface area contributed by atoms with Gasteiger partial charge >= 0.3 is 0 Å². The summed E-state index contributed by atoms with van der Waals surface area (Å²) in [5.74, 6) is 1.66. The number of aromatic nitrogens is 2. The third-order valence-electron chi connectivity index (χ3n) is 6.74. The second-order valence-corrected chi connectivity index (χ2v) is 12.6. The third-order valence-corrected chi connectivity index (χ3v) is 9.01. The molecule has 2 aliphatic rings. The maximum Gasteiger partial charge on any atom is 0.128 e. The van der Waals surface area contributed by atoms with Gasteiger partial charge in [0.25, 0.3) is 0 Å². The van der Waals surface area contributed by atoms with E-state index in [2.05, 4.69) is 47.6 Å². The predicted molar refractivity (Wildman–Crippen MR) is 161 cm³/mol. The summed E-state index contributed by atoms with van der Waals surface area (Å²) in [6.07, 6.45) is 7.84. The van der Waals surface area contributed by atoms with Crippen LogP contribution in [-0.4, -0.2) is 52.4 Å². The monoisotopic (exact) mass is 652 g/mol. The lowest BCUT2D eigenvalue weighted by molar-refractivity contribution is 0.0474. The number of nitrogens with one attached hydrogen (secondary N) is 2. The van der Waals surface area contributed by atoms with Crippen LogP contribution in [0.3, 0.4) is 0 Å². The average Bonchev–Trinajstić information content (AvgIpc) is 2.83. The Morgan fingerprint density at radius 1 is 1.22 bits per heavy atom. The van der Waals surface area contributed by atoms with Gasteiger partial charge < -0.3 is 14.7 Å². The summed E-state index contributed by atoms with van der Waals surface area (Å²) in [4.78, 5) is 11.1. The highest BCUT2D eigenvalue weighted by Gasteiger charge is 2.51. The van der Waals surface area contributed by atoms with Crippen LogP contribution in [0, 0.1) is 17.7 Å². The van der Waals surface area contributed by atoms with E-state index >= 15 is 0 Å². The molecular weight excluding hydrogens is 626 g/mol. The first-order valence-corrected chi connectivity index (χ1v) is 17.2. The quantitative estimate of drug-likeness (QED) is 0.124. The van der Waals surface area contributed by atoms with E-state index in [0.29, 0.717) is 34.9 Å². The Hall–Kier alpha value is -1.65. The van der Waals surface area contributed by atoms with Crippen molar-refractivity contribution in [1.82, 2.24) is 14.3 Å². The molecule has 5 rings (SSSR count). The summed E-state index contributed by atoms with van der Waals surface area (Å²) in [6, 6.07) is 9.81. The first-order chi connectivity index (χ1) is 17.4. The van der Waals surface area contributed by atoms with E-state index in [1.54, 1.807) is 18.6 Å². The minimum Gasteiger partial charge on any atom is -0.489 e. The number of hydrogen-bond donors (Lipinski definition) is 2.